The molecular formula is C22H23N3O2. The summed E-state index contributed by atoms with van der Waals surface area (Å²) in [4.78, 5) is 11.0. The monoisotopic (exact) mass is 361 g/mol. The van der Waals surface area contributed by atoms with Crippen LogP contribution in [0, 0.1) is 0 Å². The first-order valence-electron chi connectivity index (χ1n) is 8.88. The average molecular weight is 361 g/mol. The smallest absolute Gasteiger partial charge is 0.236 e. The van der Waals surface area contributed by atoms with E-state index in [1.165, 1.54) is 6.92 Å². The highest BCUT2D eigenvalue weighted by Gasteiger charge is 2.07. The molecule has 0 saturated heterocycles. The average Bonchev–Trinajstić information content (AvgIpc) is 3.01. The number of nitrogens with one attached hydrogen (secondary N) is 1. The highest BCUT2D eigenvalue weighted by molar-refractivity contribution is 5.99. The molecule has 0 aliphatic heterocycles. The Balaban J connectivity index is 1.75. The molecule has 0 aliphatic carbocycles. The topological polar surface area (TPSA) is 55.6 Å². The second-order valence-corrected chi connectivity index (χ2v) is 6.17. The van der Waals surface area contributed by atoms with Gasteiger partial charge in [0.15, 0.2) is 0 Å². The van der Waals surface area contributed by atoms with Crippen molar-refractivity contribution in [2.75, 3.05) is 6.61 Å². The molecule has 5 heteroatoms. The lowest BCUT2D eigenvalue weighted by molar-refractivity contribution is -0.118. The molecule has 2 aromatic carbocycles. The number of benzene rings is 2. The minimum Gasteiger partial charge on any atom is -0.491 e. The molecule has 0 aliphatic rings. The van der Waals surface area contributed by atoms with Crippen LogP contribution in [0.25, 0.3) is 10.9 Å². The maximum absolute atomic E-state index is 11.0. The second-order valence-electron chi connectivity index (χ2n) is 6.17. The van der Waals surface area contributed by atoms with Crippen molar-refractivity contribution in [3.8, 4) is 5.75 Å². The number of hydrogen-bond donors (Lipinski definition) is 1. The summed E-state index contributed by atoms with van der Waals surface area (Å²) in [5, 5.41) is 5.07. The van der Waals surface area contributed by atoms with Crippen LogP contribution in [0.15, 0.2) is 72.5 Å². The van der Waals surface area contributed by atoms with Gasteiger partial charge in [0.05, 0.1) is 12.8 Å². The third kappa shape index (κ3) is 4.64. The fourth-order valence-corrected chi connectivity index (χ4v) is 2.98. The highest BCUT2D eigenvalue weighted by Crippen LogP contribution is 2.21. The van der Waals surface area contributed by atoms with Gasteiger partial charge in [0.1, 0.15) is 12.4 Å². The van der Waals surface area contributed by atoms with E-state index in [0.29, 0.717) is 13.2 Å². The van der Waals surface area contributed by atoms with Crippen LogP contribution in [-0.4, -0.2) is 23.3 Å². The molecular weight excluding hydrogens is 338 g/mol. The summed E-state index contributed by atoms with van der Waals surface area (Å²) in [6.45, 7) is 6.49. The summed E-state index contributed by atoms with van der Waals surface area (Å²) in [6, 6.07) is 16.1. The molecule has 0 fully saturated rings. The van der Waals surface area contributed by atoms with Gasteiger partial charge < -0.3 is 9.30 Å². The molecule has 3 aromatic rings. The fraction of sp³-hybridized carbons (Fsp3) is 0.182. The van der Waals surface area contributed by atoms with E-state index in [0.717, 1.165) is 34.2 Å². The van der Waals surface area contributed by atoms with Crippen molar-refractivity contribution >= 4 is 23.0 Å². The number of carbonyl (C=O) groups is 1. The van der Waals surface area contributed by atoms with Crippen LogP contribution in [0.4, 0.5) is 0 Å². The number of aromatic nitrogens is 1. The molecule has 1 aromatic heterocycles. The number of carbonyl (C=O) groups excluding carboxylic acids is 1. The molecule has 138 valence electrons. The number of rotatable bonds is 8. The number of nitrogens with zero attached hydrogens (tertiary/aromatic N) is 2. The second kappa shape index (κ2) is 8.85. The Morgan fingerprint density at radius 1 is 1.22 bits per heavy atom. The van der Waals surface area contributed by atoms with Crippen LogP contribution in [0.5, 0.6) is 5.75 Å². The molecule has 0 spiro atoms. The van der Waals surface area contributed by atoms with Crippen molar-refractivity contribution in [1.82, 2.24) is 9.99 Å². The van der Waals surface area contributed by atoms with E-state index in [-0.39, 0.29) is 5.91 Å². The van der Waals surface area contributed by atoms with Crippen molar-refractivity contribution in [2.45, 2.75) is 19.9 Å². The summed E-state index contributed by atoms with van der Waals surface area (Å²) in [7, 11) is 0. The molecule has 1 heterocycles. The van der Waals surface area contributed by atoms with E-state index in [2.05, 4.69) is 33.8 Å². The predicted octanol–water partition coefficient (Wildman–Crippen LogP) is 3.92. The summed E-state index contributed by atoms with van der Waals surface area (Å²) in [5.74, 6) is 0.697. The van der Waals surface area contributed by atoms with E-state index >= 15 is 0 Å². The number of allylic oxidation sites excluding steroid dienone is 1. The predicted molar refractivity (Wildman–Crippen MR) is 109 cm³/mol. The lowest BCUT2D eigenvalue weighted by Crippen LogP contribution is -2.12. The van der Waals surface area contributed by atoms with Crippen molar-refractivity contribution in [3.05, 3.63) is 78.5 Å². The minimum absolute atomic E-state index is 0.193. The van der Waals surface area contributed by atoms with Gasteiger partial charge in [-0.3, -0.25) is 4.79 Å². The first-order valence-corrected chi connectivity index (χ1v) is 8.88. The van der Waals surface area contributed by atoms with Gasteiger partial charge in [-0.1, -0.05) is 42.5 Å². The molecule has 5 nitrogen and oxygen atoms in total. The zero-order chi connectivity index (χ0) is 19.1. The van der Waals surface area contributed by atoms with Crippen LogP contribution < -0.4 is 10.2 Å². The Hall–Kier alpha value is -3.34. The fourth-order valence-electron chi connectivity index (χ4n) is 2.98. The van der Waals surface area contributed by atoms with Crippen molar-refractivity contribution in [2.24, 2.45) is 5.10 Å². The molecule has 1 amide bonds. The highest BCUT2D eigenvalue weighted by atomic mass is 16.5. The quantitative estimate of drug-likeness (QED) is 0.376. The number of para-hydroxylation sites is 2. The van der Waals surface area contributed by atoms with Gasteiger partial charge in [-0.25, -0.2) is 5.43 Å². The Morgan fingerprint density at radius 2 is 2.00 bits per heavy atom. The molecule has 27 heavy (non-hydrogen) atoms. The maximum atomic E-state index is 11.0. The van der Waals surface area contributed by atoms with Gasteiger partial charge in [0.2, 0.25) is 5.91 Å². The lowest BCUT2D eigenvalue weighted by atomic mass is 10.1. The van der Waals surface area contributed by atoms with Gasteiger partial charge in [-0.2, -0.15) is 5.10 Å². The van der Waals surface area contributed by atoms with Crippen LogP contribution >= 0.6 is 0 Å². The standard InChI is InChI=1S/C22H23N3O2/c1-3-8-18-9-4-7-12-22(18)27-14-13-25-16-19(15-23-24-17(2)26)20-10-5-6-11-21(20)25/h3-7,9-12,15-16H,1,8,13-14H2,2H3,(H,24,26). The molecule has 0 atom stereocenters. The summed E-state index contributed by atoms with van der Waals surface area (Å²) in [6.07, 6.45) is 6.35. The molecule has 0 bridgehead atoms. The normalized spacial score (nSPS) is 11.0. The summed E-state index contributed by atoms with van der Waals surface area (Å²) in [5.41, 5.74) is 5.62. The third-order valence-corrected chi connectivity index (χ3v) is 4.17. The molecule has 0 unspecified atom stereocenters. The largest absolute Gasteiger partial charge is 0.491 e. The lowest BCUT2D eigenvalue weighted by Gasteiger charge is -2.11. The maximum Gasteiger partial charge on any atom is 0.236 e. The Bertz CT molecular complexity index is 973. The van der Waals surface area contributed by atoms with Gasteiger partial charge >= 0.3 is 0 Å². The van der Waals surface area contributed by atoms with Crippen molar-refractivity contribution < 1.29 is 9.53 Å². The number of fused-ring (bicyclic) bond motifs is 1. The summed E-state index contributed by atoms with van der Waals surface area (Å²) < 4.78 is 8.14. The van der Waals surface area contributed by atoms with E-state index < -0.39 is 0 Å². The zero-order valence-corrected chi connectivity index (χ0v) is 15.4. The van der Waals surface area contributed by atoms with Crippen molar-refractivity contribution in [3.63, 3.8) is 0 Å². The van der Waals surface area contributed by atoms with Crippen LogP contribution in [0.1, 0.15) is 18.1 Å². The van der Waals surface area contributed by atoms with Crippen LogP contribution in [0.3, 0.4) is 0 Å². The van der Waals surface area contributed by atoms with Gasteiger partial charge in [-0.15, -0.1) is 6.58 Å². The molecule has 3 rings (SSSR count). The van der Waals surface area contributed by atoms with Gasteiger partial charge in [0, 0.05) is 29.6 Å². The SMILES string of the molecule is C=CCc1ccccc1OCCn1cc(C=NNC(C)=O)c2ccccc21. The Labute approximate surface area is 159 Å². The number of hydrazone groups is 1. The molecule has 0 radical (unpaired) electrons. The van der Waals surface area contributed by atoms with Gasteiger partial charge in [0.25, 0.3) is 0 Å². The van der Waals surface area contributed by atoms with Crippen LogP contribution in [-0.2, 0) is 17.8 Å². The minimum atomic E-state index is -0.193. The number of amides is 1. The van der Waals surface area contributed by atoms with Crippen molar-refractivity contribution in [1.29, 1.82) is 0 Å². The Morgan fingerprint density at radius 3 is 2.81 bits per heavy atom. The van der Waals surface area contributed by atoms with Gasteiger partial charge in [-0.05, 0) is 24.1 Å². The molecule has 0 saturated carbocycles. The first-order chi connectivity index (χ1) is 13.2. The van der Waals surface area contributed by atoms with E-state index in [9.17, 15) is 4.79 Å². The van der Waals surface area contributed by atoms with E-state index in [4.69, 9.17) is 4.74 Å². The number of ether oxygens (including phenoxy) is 1. The van der Waals surface area contributed by atoms with Crippen LogP contribution in [0.2, 0.25) is 0 Å². The van der Waals surface area contributed by atoms with E-state index in [1.807, 2.05) is 48.7 Å². The van der Waals surface area contributed by atoms with E-state index in [1.54, 1.807) is 6.21 Å². The number of hydrogen-bond acceptors (Lipinski definition) is 3. The Kier molecular flexibility index (Phi) is 6.05. The zero-order valence-electron chi connectivity index (χ0n) is 15.4. The first kappa shape index (κ1) is 18.5. The molecule has 1 N–H and O–H groups in total. The summed E-state index contributed by atoms with van der Waals surface area (Å²) >= 11 is 0. The third-order valence-electron chi connectivity index (χ3n) is 4.17.